The van der Waals surface area contributed by atoms with Gasteiger partial charge in [0.15, 0.2) is 12.3 Å². The summed E-state index contributed by atoms with van der Waals surface area (Å²) in [6, 6.07) is 0. The maximum atomic E-state index is 13.5. The van der Waals surface area contributed by atoms with Gasteiger partial charge in [-0.2, -0.15) is 0 Å². The van der Waals surface area contributed by atoms with Gasteiger partial charge in [0.05, 0.1) is 24.4 Å². The maximum absolute atomic E-state index is 13.5. The molecule has 3 fully saturated rings. The Labute approximate surface area is 311 Å². The average molecular weight is 668 g/mol. The third-order valence-corrected chi connectivity index (χ3v) is 9.79. The van der Waals surface area contributed by atoms with Crippen molar-refractivity contribution >= 4 is 11.9 Å². The van der Waals surface area contributed by atoms with Crippen molar-refractivity contribution in [1.29, 1.82) is 0 Å². The molecule has 0 bridgehead atoms. The molecule has 1 amide bonds. The van der Waals surface area contributed by atoms with Crippen LogP contribution in [0.2, 0.25) is 0 Å². The first-order valence-electron chi connectivity index (χ1n) is 15.8. The first kappa shape index (κ1) is 41.2. The van der Waals surface area contributed by atoms with Crippen LogP contribution in [-0.4, -0.2) is 99.8 Å². The van der Waals surface area contributed by atoms with Gasteiger partial charge in [0.1, 0.15) is 19.0 Å². The van der Waals surface area contributed by atoms with Crippen LogP contribution in [0.25, 0.3) is 0 Å². The van der Waals surface area contributed by atoms with Crippen LogP contribution in [0.15, 0.2) is 12.2 Å². The van der Waals surface area contributed by atoms with Crippen LogP contribution in [0.3, 0.4) is 0 Å². The van der Waals surface area contributed by atoms with Crippen LogP contribution in [0.5, 0.6) is 0 Å². The minimum Gasteiger partial charge on any atom is -0.550 e. The van der Waals surface area contributed by atoms with Crippen LogP contribution < -0.4 is 61.8 Å². The molecule has 254 valence electrons. The molecule has 0 unspecified atom stereocenters. The Morgan fingerprint density at radius 3 is 2.36 bits per heavy atom. The number of nitrogens with one attached hydrogen (secondary N) is 1. The second kappa shape index (κ2) is 18.7. The molecule has 3 rings (SSSR count). The third kappa shape index (κ3) is 10.3. The third-order valence-electron chi connectivity index (χ3n) is 9.79. The Morgan fingerprint density at radius 1 is 1.09 bits per heavy atom. The van der Waals surface area contributed by atoms with Crippen molar-refractivity contribution in [3.05, 3.63) is 12.2 Å². The van der Waals surface area contributed by atoms with Gasteiger partial charge < -0.3 is 53.5 Å². The van der Waals surface area contributed by atoms with Crippen LogP contribution in [0.4, 0.5) is 0 Å². The number of aliphatic carboxylic acids is 1. The molecule has 0 saturated carbocycles. The van der Waals surface area contributed by atoms with E-state index >= 15 is 0 Å². The van der Waals surface area contributed by atoms with Crippen LogP contribution in [-0.2, 0) is 42.7 Å². The Hall–Kier alpha value is -0.00364. The monoisotopic (exact) mass is 667 g/mol. The molecule has 10 atom stereocenters. The van der Waals surface area contributed by atoms with E-state index in [0.717, 1.165) is 37.7 Å². The van der Waals surface area contributed by atoms with Crippen molar-refractivity contribution in [2.75, 3.05) is 28.1 Å². The van der Waals surface area contributed by atoms with Gasteiger partial charge in [-0.05, 0) is 26.2 Å². The summed E-state index contributed by atoms with van der Waals surface area (Å²) in [5.41, 5.74) is 0.360. The van der Waals surface area contributed by atoms with E-state index in [1.165, 1.54) is 7.11 Å². The molecule has 3 aliphatic rings. The zero-order valence-corrected chi connectivity index (χ0v) is 31.6. The van der Waals surface area contributed by atoms with E-state index in [9.17, 15) is 19.8 Å². The van der Waals surface area contributed by atoms with Gasteiger partial charge in [-0.1, -0.05) is 58.6 Å². The molecule has 3 aliphatic heterocycles. The summed E-state index contributed by atoms with van der Waals surface area (Å²) >= 11 is 0. The predicted octanol–water partition coefficient (Wildman–Crippen LogP) is -0.795. The SMILES string of the molecule is C=C1C[C@](OC)([C@H](O)C(=O)N[C@@H]2OCO[C@H]3[C@@H]2O[C@H](C[C@@H](CCCCCCCC(=O)[O-])OC)C(C)(C)[C@@H]3OC)O[C@H](C)[C@@H]1C.[K+]. The van der Waals surface area contributed by atoms with Gasteiger partial charge in [0, 0.05) is 51.5 Å². The van der Waals surface area contributed by atoms with Gasteiger partial charge in [-0.25, -0.2) is 0 Å². The van der Waals surface area contributed by atoms with Gasteiger partial charge in [-0.3, -0.25) is 4.79 Å². The number of fused-ring (bicyclic) bond motifs is 1. The zero-order chi connectivity index (χ0) is 32.7. The van der Waals surface area contributed by atoms with Crippen molar-refractivity contribution in [3.63, 3.8) is 0 Å². The summed E-state index contributed by atoms with van der Waals surface area (Å²) < 4.78 is 41.9. The van der Waals surface area contributed by atoms with Gasteiger partial charge in [0.2, 0.25) is 5.79 Å². The summed E-state index contributed by atoms with van der Waals surface area (Å²) in [6.07, 6.45) is 1.09. The van der Waals surface area contributed by atoms with E-state index in [1.54, 1.807) is 14.2 Å². The molecule has 2 N–H and O–H groups in total. The zero-order valence-electron chi connectivity index (χ0n) is 28.5. The molecule has 0 aromatic heterocycles. The molecule has 0 aliphatic carbocycles. The average Bonchev–Trinajstić information content (AvgIpc) is 2.98. The van der Waals surface area contributed by atoms with E-state index in [4.69, 9.17) is 33.2 Å². The summed E-state index contributed by atoms with van der Waals surface area (Å²) in [6.45, 7) is 12.0. The van der Waals surface area contributed by atoms with Crippen molar-refractivity contribution in [1.82, 2.24) is 5.32 Å². The molecular formula is C32H54KNO11. The fraction of sp³-hybridized carbons (Fsp3) is 0.875. The number of hydrogen-bond donors (Lipinski definition) is 2. The van der Waals surface area contributed by atoms with Crippen molar-refractivity contribution < 1.29 is 104 Å². The summed E-state index contributed by atoms with van der Waals surface area (Å²) in [5.74, 6) is -3.26. The second-order valence-electron chi connectivity index (χ2n) is 13.0. The van der Waals surface area contributed by atoms with Crippen LogP contribution in [0.1, 0.15) is 85.5 Å². The van der Waals surface area contributed by atoms with Crippen LogP contribution >= 0.6 is 0 Å². The second-order valence-corrected chi connectivity index (χ2v) is 13.0. The molecule has 13 heteroatoms. The number of aliphatic hydroxyl groups excluding tert-OH is 1. The number of unbranched alkanes of at least 4 members (excludes halogenated alkanes) is 4. The summed E-state index contributed by atoms with van der Waals surface area (Å²) in [4.78, 5) is 24.1. The van der Waals surface area contributed by atoms with E-state index < -0.39 is 47.6 Å². The van der Waals surface area contributed by atoms with Gasteiger partial charge in [-0.15, -0.1) is 0 Å². The summed E-state index contributed by atoms with van der Waals surface area (Å²) in [7, 11) is 4.72. The number of carboxylic acid groups (broad SMARTS) is 1. The number of rotatable bonds is 16. The van der Waals surface area contributed by atoms with E-state index in [1.807, 2.05) is 13.8 Å². The number of amides is 1. The molecule has 3 saturated heterocycles. The number of hydrogen-bond acceptors (Lipinski definition) is 11. The number of ether oxygens (including phenoxy) is 7. The van der Waals surface area contributed by atoms with E-state index in [0.29, 0.717) is 12.8 Å². The number of carbonyl (C=O) groups excluding carboxylic acids is 2. The molecule has 0 aromatic rings. The minimum absolute atomic E-state index is 0. The topological polar surface area (TPSA) is 154 Å². The Morgan fingerprint density at radius 2 is 1.76 bits per heavy atom. The molecule has 0 aromatic carbocycles. The molecule has 45 heavy (non-hydrogen) atoms. The van der Waals surface area contributed by atoms with Crippen molar-refractivity contribution in [2.45, 2.75) is 140 Å². The Bertz CT molecular complexity index is 967. The van der Waals surface area contributed by atoms with Gasteiger partial charge in [0.25, 0.3) is 5.91 Å². The van der Waals surface area contributed by atoms with Gasteiger partial charge >= 0.3 is 51.4 Å². The number of carboxylic acids is 1. The van der Waals surface area contributed by atoms with Crippen molar-refractivity contribution in [2.24, 2.45) is 11.3 Å². The normalized spacial score (nSPS) is 34.2. The Balaban J connectivity index is 0.00000705. The molecule has 3 heterocycles. The largest absolute Gasteiger partial charge is 1.00 e. The van der Waals surface area contributed by atoms with E-state index in [-0.39, 0.29) is 101 Å². The standard InChI is InChI=1S/C32H55NO11.K/c1-19-17-32(40-8,44-21(3)20(19)2)27(36)29(37)33-30-26-25(41-18-42-30)28(39-7)31(4,5)23(43-26)16-22(38-6)14-12-10-9-11-13-15-24(34)35;/h20-23,25-28,30,36H,1,9-18H2,2-8H3,(H,33,37)(H,34,35);/q;+1/p-1/t20-,21-,22-,23-,25+,26+,27-,28-,30-,32-;/m1./s1. The van der Waals surface area contributed by atoms with Crippen LogP contribution in [0, 0.1) is 11.3 Å². The Kier molecular flexibility index (Phi) is 17.1. The first-order valence-corrected chi connectivity index (χ1v) is 15.8. The number of methoxy groups -OCH3 is 3. The fourth-order valence-electron chi connectivity index (χ4n) is 6.68. The fourth-order valence-corrected chi connectivity index (χ4v) is 6.68. The number of aliphatic hydroxyl groups is 1. The quantitative estimate of drug-likeness (QED) is 0.121. The molecular weight excluding hydrogens is 613 g/mol. The predicted molar refractivity (Wildman–Crippen MR) is 158 cm³/mol. The number of carbonyl (C=O) groups is 2. The maximum Gasteiger partial charge on any atom is 1.00 e. The first-order chi connectivity index (χ1) is 20.8. The molecule has 0 spiro atoms. The van der Waals surface area contributed by atoms with E-state index in [2.05, 4.69) is 25.7 Å². The molecule has 12 nitrogen and oxygen atoms in total. The van der Waals surface area contributed by atoms with Crippen molar-refractivity contribution in [3.8, 4) is 0 Å². The molecule has 0 radical (unpaired) electrons. The smallest absolute Gasteiger partial charge is 0.550 e. The summed E-state index contributed by atoms with van der Waals surface area (Å²) in [5, 5.41) is 24.6. The minimum atomic E-state index is -1.66.